The van der Waals surface area contributed by atoms with Crippen LogP contribution in [-0.2, 0) is 5.41 Å². The minimum absolute atomic E-state index is 0.0818. The standard InChI is InChI=1S/C45H33N3/c1-45(2)35-18-8-12-22-39(35)48(40-23-13-9-19-36(40)45)32-26-24-31(25-27-32)47-38-21-11-7-17-34(38)44-42(47)29-28-41-43(44)33-16-6-10-20-37(33)46(41)30-14-4-3-5-15-30/h3-29H,1-2H3. The highest BCUT2D eigenvalue weighted by Crippen LogP contribution is 2.52. The number of aromatic nitrogens is 2. The molecule has 0 saturated carbocycles. The van der Waals surface area contributed by atoms with Gasteiger partial charge in [-0.05, 0) is 83.9 Å². The molecule has 0 amide bonds. The molecule has 2 aromatic heterocycles. The molecule has 1 aliphatic rings. The van der Waals surface area contributed by atoms with Crippen molar-refractivity contribution in [2.24, 2.45) is 0 Å². The molecule has 48 heavy (non-hydrogen) atoms. The molecule has 0 aliphatic carbocycles. The fraction of sp³-hybridized carbons (Fsp3) is 0.0667. The summed E-state index contributed by atoms with van der Waals surface area (Å²) in [6, 6.07) is 59.8. The van der Waals surface area contributed by atoms with Crippen molar-refractivity contribution in [1.29, 1.82) is 0 Å². The molecule has 9 aromatic rings. The monoisotopic (exact) mass is 615 g/mol. The topological polar surface area (TPSA) is 13.1 Å². The first-order chi connectivity index (χ1) is 23.6. The molecule has 0 radical (unpaired) electrons. The van der Waals surface area contributed by atoms with Crippen LogP contribution in [0.5, 0.6) is 0 Å². The van der Waals surface area contributed by atoms with Crippen LogP contribution in [0.1, 0.15) is 25.0 Å². The minimum atomic E-state index is -0.0818. The summed E-state index contributed by atoms with van der Waals surface area (Å²) in [4.78, 5) is 2.42. The first-order valence-corrected chi connectivity index (χ1v) is 16.7. The molecule has 10 rings (SSSR count). The van der Waals surface area contributed by atoms with Crippen LogP contribution in [0.15, 0.2) is 164 Å². The number of nitrogens with zero attached hydrogens (tertiary/aromatic N) is 3. The van der Waals surface area contributed by atoms with E-state index in [1.807, 2.05) is 0 Å². The zero-order valence-corrected chi connectivity index (χ0v) is 26.9. The maximum Gasteiger partial charge on any atom is 0.0548 e. The molecular weight excluding hydrogens is 583 g/mol. The van der Waals surface area contributed by atoms with Crippen molar-refractivity contribution in [1.82, 2.24) is 9.13 Å². The first-order valence-electron chi connectivity index (χ1n) is 16.7. The zero-order chi connectivity index (χ0) is 32.0. The summed E-state index contributed by atoms with van der Waals surface area (Å²) < 4.78 is 4.84. The van der Waals surface area contributed by atoms with Crippen LogP contribution in [0.2, 0.25) is 0 Å². The van der Waals surface area contributed by atoms with Gasteiger partial charge in [-0.25, -0.2) is 0 Å². The Hall–Kier alpha value is -6.06. The Bertz CT molecular complexity index is 2640. The molecule has 3 heterocycles. The van der Waals surface area contributed by atoms with Gasteiger partial charge in [-0.15, -0.1) is 0 Å². The highest BCUT2D eigenvalue weighted by molar-refractivity contribution is 6.28. The van der Waals surface area contributed by atoms with Crippen LogP contribution in [0.25, 0.3) is 55.0 Å². The quantitative estimate of drug-likeness (QED) is 0.193. The Morgan fingerprint density at radius 2 is 0.771 bits per heavy atom. The van der Waals surface area contributed by atoms with E-state index in [0.29, 0.717) is 0 Å². The summed E-state index contributed by atoms with van der Waals surface area (Å²) in [7, 11) is 0. The maximum absolute atomic E-state index is 2.43. The Kier molecular flexibility index (Phi) is 5.63. The Morgan fingerprint density at radius 3 is 1.31 bits per heavy atom. The molecule has 3 nitrogen and oxygen atoms in total. The second-order valence-electron chi connectivity index (χ2n) is 13.4. The van der Waals surface area contributed by atoms with Crippen LogP contribution in [0.4, 0.5) is 17.1 Å². The lowest BCUT2D eigenvalue weighted by molar-refractivity contribution is 0.632. The fourth-order valence-corrected chi connectivity index (χ4v) is 8.35. The second-order valence-corrected chi connectivity index (χ2v) is 13.4. The third-order valence-electron chi connectivity index (χ3n) is 10.5. The average Bonchev–Trinajstić information content (AvgIpc) is 3.65. The van der Waals surface area contributed by atoms with E-state index in [9.17, 15) is 0 Å². The van der Waals surface area contributed by atoms with Crippen molar-refractivity contribution in [2.75, 3.05) is 4.90 Å². The summed E-state index contributed by atoms with van der Waals surface area (Å²) >= 11 is 0. The van der Waals surface area contributed by atoms with E-state index in [4.69, 9.17) is 0 Å². The Morgan fingerprint density at radius 1 is 0.354 bits per heavy atom. The summed E-state index contributed by atoms with van der Waals surface area (Å²) in [5.74, 6) is 0. The van der Waals surface area contributed by atoms with Gasteiger partial charge in [-0.1, -0.05) is 105 Å². The van der Waals surface area contributed by atoms with Gasteiger partial charge in [0.2, 0.25) is 0 Å². The lowest BCUT2D eigenvalue weighted by Crippen LogP contribution is -2.30. The molecule has 3 heteroatoms. The van der Waals surface area contributed by atoms with E-state index in [2.05, 4.69) is 192 Å². The lowest BCUT2D eigenvalue weighted by atomic mass is 9.73. The molecule has 7 aromatic carbocycles. The SMILES string of the molecule is CC1(C)c2ccccc2N(c2ccc(-n3c4ccccc4c4c5c6ccccc6n(-c6ccccc6)c5ccc43)cc2)c2ccccc21. The first kappa shape index (κ1) is 27.1. The van der Waals surface area contributed by atoms with Gasteiger partial charge in [-0.2, -0.15) is 0 Å². The van der Waals surface area contributed by atoms with Gasteiger partial charge in [0.25, 0.3) is 0 Å². The smallest absolute Gasteiger partial charge is 0.0548 e. The molecule has 0 N–H and O–H groups in total. The number of benzene rings is 7. The van der Waals surface area contributed by atoms with Gasteiger partial charge in [0, 0.05) is 44.0 Å². The predicted molar refractivity (Wildman–Crippen MR) is 202 cm³/mol. The highest BCUT2D eigenvalue weighted by Gasteiger charge is 2.36. The van der Waals surface area contributed by atoms with Crippen LogP contribution < -0.4 is 4.90 Å². The normalized spacial score (nSPS) is 13.8. The van der Waals surface area contributed by atoms with Gasteiger partial charge >= 0.3 is 0 Å². The number of hydrogen-bond acceptors (Lipinski definition) is 1. The Labute approximate surface area is 279 Å². The number of anilines is 3. The van der Waals surface area contributed by atoms with E-state index < -0.39 is 0 Å². The van der Waals surface area contributed by atoms with Gasteiger partial charge in [0.05, 0.1) is 33.4 Å². The molecule has 0 bridgehead atoms. The summed E-state index contributed by atoms with van der Waals surface area (Å²) in [6.45, 7) is 4.67. The maximum atomic E-state index is 2.43. The highest BCUT2D eigenvalue weighted by atomic mass is 15.2. The van der Waals surface area contributed by atoms with Gasteiger partial charge in [0.1, 0.15) is 0 Å². The van der Waals surface area contributed by atoms with Crippen LogP contribution in [0.3, 0.4) is 0 Å². The van der Waals surface area contributed by atoms with Gasteiger partial charge in [-0.3, -0.25) is 0 Å². The Balaban J connectivity index is 1.20. The number of para-hydroxylation sites is 5. The fourth-order valence-electron chi connectivity index (χ4n) is 8.35. The molecule has 0 unspecified atom stereocenters. The molecule has 228 valence electrons. The van der Waals surface area contributed by atoms with E-state index in [1.165, 1.54) is 71.8 Å². The largest absolute Gasteiger partial charge is 0.310 e. The van der Waals surface area contributed by atoms with Gasteiger partial charge in [0.15, 0.2) is 0 Å². The van der Waals surface area contributed by atoms with Crippen molar-refractivity contribution in [3.63, 3.8) is 0 Å². The van der Waals surface area contributed by atoms with Crippen molar-refractivity contribution in [2.45, 2.75) is 19.3 Å². The summed E-state index contributed by atoms with van der Waals surface area (Å²) in [6.07, 6.45) is 0. The molecule has 0 spiro atoms. The second kappa shape index (κ2) is 9.97. The van der Waals surface area contributed by atoms with Crippen molar-refractivity contribution < 1.29 is 0 Å². The zero-order valence-electron chi connectivity index (χ0n) is 26.9. The van der Waals surface area contributed by atoms with E-state index in [1.54, 1.807) is 0 Å². The molecule has 1 aliphatic heterocycles. The average molecular weight is 616 g/mol. The molecule has 0 saturated heterocycles. The van der Waals surface area contributed by atoms with Crippen LogP contribution in [0, 0.1) is 0 Å². The number of rotatable bonds is 3. The van der Waals surface area contributed by atoms with E-state index in [-0.39, 0.29) is 5.41 Å². The summed E-state index contributed by atoms with van der Waals surface area (Å²) in [5, 5.41) is 5.12. The number of fused-ring (bicyclic) bond motifs is 9. The van der Waals surface area contributed by atoms with Crippen molar-refractivity contribution in [3.05, 3.63) is 175 Å². The van der Waals surface area contributed by atoms with E-state index >= 15 is 0 Å². The van der Waals surface area contributed by atoms with Gasteiger partial charge < -0.3 is 14.0 Å². The van der Waals surface area contributed by atoms with Crippen LogP contribution >= 0.6 is 0 Å². The third kappa shape index (κ3) is 3.64. The molecule has 0 fully saturated rings. The predicted octanol–water partition coefficient (Wildman–Crippen LogP) is 12.0. The number of hydrogen-bond donors (Lipinski definition) is 0. The molecular formula is C45H33N3. The van der Waals surface area contributed by atoms with Crippen molar-refractivity contribution >= 4 is 60.7 Å². The molecule has 0 atom stereocenters. The van der Waals surface area contributed by atoms with E-state index in [0.717, 1.165) is 11.4 Å². The third-order valence-corrected chi connectivity index (χ3v) is 10.5. The lowest BCUT2D eigenvalue weighted by Gasteiger charge is -2.42. The summed E-state index contributed by atoms with van der Waals surface area (Å²) in [5.41, 5.74) is 13.4. The van der Waals surface area contributed by atoms with Crippen molar-refractivity contribution in [3.8, 4) is 11.4 Å². The van der Waals surface area contributed by atoms with Crippen LogP contribution in [-0.4, -0.2) is 9.13 Å². The minimum Gasteiger partial charge on any atom is -0.310 e.